The molecular formula is C12H14BrFN2O3. The minimum atomic E-state index is -0.558. The number of hydrogen-bond acceptors (Lipinski definition) is 4. The lowest BCUT2D eigenvalue weighted by atomic mass is 10.1. The highest BCUT2D eigenvalue weighted by Gasteiger charge is 2.26. The van der Waals surface area contributed by atoms with Crippen molar-refractivity contribution >= 4 is 27.3 Å². The highest BCUT2D eigenvalue weighted by molar-refractivity contribution is 9.10. The Morgan fingerprint density at radius 1 is 1.53 bits per heavy atom. The van der Waals surface area contributed by atoms with Crippen LogP contribution in [0.2, 0.25) is 0 Å². The molecule has 1 fully saturated rings. The fourth-order valence-corrected chi connectivity index (χ4v) is 2.66. The van der Waals surface area contributed by atoms with Gasteiger partial charge < -0.3 is 10.4 Å². The van der Waals surface area contributed by atoms with Crippen LogP contribution in [0.4, 0.5) is 15.8 Å². The summed E-state index contributed by atoms with van der Waals surface area (Å²) >= 11 is 2.93. The number of nitrogens with one attached hydrogen (secondary N) is 1. The van der Waals surface area contributed by atoms with E-state index in [-0.39, 0.29) is 27.9 Å². The summed E-state index contributed by atoms with van der Waals surface area (Å²) in [5, 5.41) is 23.5. The molecule has 7 heteroatoms. The lowest BCUT2D eigenvalue weighted by molar-refractivity contribution is -0.384. The van der Waals surface area contributed by atoms with Crippen molar-refractivity contribution in [2.75, 3.05) is 11.9 Å². The predicted octanol–water partition coefficient (Wildman–Crippen LogP) is 3.07. The third-order valence-corrected chi connectivity index (χ3v) is 4.02. The Labute approximate surface area is 118 Å². The molecule has 0 saturated heterocycles. The fraction of sp³-hybridized carbons (Fsp3) is 0.500. The van der Waals surface area contributed by atoms with Crippen molar-refractivity contribution < 1.29 is 14.4 Å². The first-order valence-electron chi connectivity index (χ1n) is 6.04. The van der Waals surface area contributed by atoms with E-state index in [1.807, 2.05) is 0 Å². The molecule has 1 aromatic carbocycles. The van der Waals surface area contributed by atoms with Crippen LogP contribution in [0.25, 0.3) is 0 Å². The zero-order valence-corrected chi connectivity index (χ0v) is 11.7. The molecule has 2 N–H and O–H groups in total. The number of rotatable bonds is 4. The van der Waals surface area contributed by atoms with Crippen molar-refractivity contribution in [3.8, 4) is 0 Å². The first-order valence-corrected chi connectivity index (χ1v) is 6.83. The van der Waals surface area contributed by atoms with Crippen LogP contribution in [0.1, 0.15) is 19.3 Å². The van der Waals surface area contributed by atoms with Gasteiger partial charge >= 0.3 is 0 Å². The molecule has 0 amide bonds. The molecule has 2 rings (SSSR count). The summed E-state index contributed by atoms with van der Waals surface area (Å²) in [5.74, 6) is -0.494. The van der Waals surface area contributed by atoms with Gasteiger partial charge in [0.2, 0.25) is 0 Å². The number of aliphatic hydroxyl groups excluding tert-OH is 1. The van der Waals surface area contributed by atoms with Crippen molar-refractivity contribution in [1.82, 2.24) is 0 Å². The molecule has 0 spiro atoms. The molecule has 104 valence electrons. The molecule has 0 aromatic heterocycles. The molecule has 0 bridgehead atoms. The third-order valence-electron chi connectivity index (χ3n) is 3.41. The molecule has 0 radical (unpaired) electrons. The summed E-state index contributed by atoms with van der Waals surface area (Å²) < 4.78 is 13.5. The minimum absolute atomic E-state index is 0.0608. The van der Waals surface area contributed by atoms with Gasteiger partial charge in [-0.3, -0.25) is 10.1 Å². The van der Waals surface area contributed by atoms with Gasteiger partial charge in [-0.05, 0) is 28.8 Å². The molecule has 0 aliphatic heterocycles. The van der Waals surface area contributed by atoms with Crippen LogP contribution >= 0.6 is 15.9 Å². The summed E-state index contributed by atoms with van der Waals surface area (Å²) in [6, 6.07) is 2.24. The van der Waals surface area contributed by atoms with Crippen LogP contribution in [-0.2, 0) is 0 Å². The van der Waals surface area contributed by atoms with Crippen LogP contribution in [0, 0.1) is 21.8 Å². The first-order chi connectivity index (χ1) is 8.99. The van der Waals surface area contributed by atoms with Gasteiger partial charge in [-0.1, -0.05) is 6.42 Å². The van der Waals surface area contributed by atoms with Gasteiger partial charge in [0.15, 0.2) is 0 Å². The molecular weight excluding hydrogens is 319 g/mol. The summed E-state index contributed by atoms with van der Waals surface area (Å²) in [5.41, 5.74) is -0.0365. The predicted molar refractivity (Wildman–Crippen MR) is 72.6 cm³/mol. The Hall–Kier alpha value is -1.21. The molecule has 2 unspecified atom stereocenters. The molecule has 5 nitrogen and oxygen atoms in total. The Morgan fingerprint density at radius 3 is 2.84 bits per heavy atom. The topological polar surface area (TPSA) is 75.4 Å². The number of nitro groups is 1. The normalized spacial score (nSPS) is 22.5. The average molecular weight is 333 g/mol. The SMILES string of the molecule is O=[N+]([O-])c1cc(Br)c(F)cc1NCC1CCCC1O. The van der Waals surface area contributed by atoms with Crippen molar-refractivity contribution in [3.63, 3.8) is 0 Å². The lowest BCUT2D eigenvalue weighted by Crippen LogP contribution is -2.22. The zero-order chi connectivity index (χ0) is 14.0. The highest BCUT2D eigenvalue weighted by Crippen LogP contribution is 2.32. The summed E-state index contributed by atoms with van der Waals surface area (Å²) in [6.07, 6.45) is 2.20. The van der Waals surface area contributed by atoms with Gasteiger partial charge in [-0.25, -0.2) is 4.39 Å². The van der Waals surface area contributed by atoms with Crippen molar-refractivity contribution in [2.24, 2.45) is 5.92 Å². The molecule has 19 heavy (non-hydrogen) atoms. The minimum Gasteiger partial charge on any atom is -0.393 e. The van der Waals surface area contributed by atoms with Crippen molar-refractivity contribution in [2.45, 2.75) is 25.4 Å². The Kier molecular flexibility index (Phi) is 4.36. The van der Waals surface area contributed by atoms with Gasteiger partial charge in [0.05, 0.1) is 15.5 Å². The molecule has 1 saturated carbocycles. The second-order valence-electron chi connectivity index (χ2n) is 4.68. The van der Waals surface area contributed by atoms with Gasteiger partial charge in [0.25, 0.3) is 5.69 Å². The summed E-state index contributed by atoms with van der Waals surface area (Å²) in [4.78, 5) is 10.4. The van der Waals surface area contributed by atoms with Crippen LogP contribution in [0.3, 0.4) is 0 Å². The van der Waals surface area contributed by atoms with E-state index in [0.717, 1.165) is 31.4 Å². The van der Waals surface area contributed by atoms with Crippen LogP contribution in [0.15, 0.2) is 16.6 Å². The summed E-state index contributed by atoms with van der Waals surface area (Å²) in [7, 11) is 0. The number of nitro benzene ring substituents is 1. The molecule has 2 atom stereocenters. The van der Waals surface area contributed by atoms with Crippen LogP contribution < -0.4 is 5.32 Å². The van der Waals surface area contributed by atoms with Gasteiger partial charge in [-0.2, -0.15) is 0 Å². The van der Waals surface area contributed by atoms with Gasteiger partial charge in [0, 0.05) is 24.6 Å². The number of hydrogen-bond donors (Lipinski definition) is 2. The van der Waals surface area contributed by atoms with E-state index in [4.69, 9.17) is 0 Å². The van der Waals surface area contributed by atoms with E-state index in [1.54, 1.807) is 0 Å². The van der Waals surface area contributed by atoms with E-state index in [0.29, 0.717) is 6.54 Å². The van der Waals surface area contributed by atoms with E-state index in [2.05, 4.69) is 21.2 Å². The van der Waals surface area contributed by atoms with E-state index in [1.165, 1.54) is 0 Å². The monoisotopic (exact) mass is 332 g/mol. The van der Waals surface area contributed by atoms with Crippen LogP contribution in [-0.4, -0.2) is 22.7 Å². The number of aliphatic hydroxyl groups is 1. The van der Waals surface area contributed by atoms with E-state index in [9.17, 15) is 19.6 Å². The average Bonchev–Trinajstić information content (AvgIpc) is 2.75. The van der Waals surface area contributed by atoms with Crippen molar-refractivity contribution in [1.29, 1.82) is 0 Å². The van der Waals surface area contributed by atoms with E-state index < -0.39 is 10.7 Å². The van der Waals surface area contributed by atoms with Gasteiger partial charge in [-0.15, -0.1) is 0 Å². The number of anilines is 1. The van der Waals surface area contributed by atoms with Gasteiger partial charge in [0.1, 0.15) is 11.5 Å². The quantitative estimate of drug-likeness (QED) is 0.656. The Bertz CT molecular complexity index is 498. The zero-order valence-electron chi connectivity index (χ0n) is 10.1. The van der Waals surface area contributed by atoms with Crippen molar-refractivity contribution in [3.05, 3.63) is 32.5 Å². The second kappa shape index (κ2) is 5.83. The smallest absolute Gasteiger partial charge is 0.293 e. The number of benzene rings is 1. The highest BCUT2D eigenvalue weighted by atomic mass is 79.9. The Balaban J connectivity index is 2.14. The molecule has 1 aliphatic carbocycles. The Morgan fingerprint density at radius 2 is 2.26 bits per heavy atom. The maximum Gasteiger partial charge on any atom is 0.293 e. The third kappa shape index (κ3) is 3.22. The molecule has 1 aliphatic rings. The largest absolute Gasteiger partial charge is 0.393 e. The number of nitrogens with zero attached hydrogens (tertiary/aromatic N) is 1. The number of halogens is 2. The fourth-order valence-electron chi connectivity index (χ4n) is 2.33. The second-order valence-corrected chi connectivity index (χ2v) is 5.53. The first kappa shape index (κ1) is 14.2. The standard InChI is InChI=1S/C12H14BrFN2O3/c13-8-4-11(16(18)19)10(5-9(8)14)15-6-7-2-1-3-12(7)17/h4-5,7,12,15,17H,1-3,6H2. The maximum absolute atomic E-state index is 13.4. The molecule has 0 heterocycles. The van der Waals surface area contributed by atoms with E-state index >= 15 is 0 Å². The lowest BCUT2D eigenvalue weighted by Gasteiger charge is -2.16. The van der Waals surface area contributed by atoms with Crippen LogP contribution in [0.5, 0.6) is 0 Å². The maximum atomic E-state index is 13.4. The molecule has 1 aromatic rings. The summed E-state index contributed by atoms with van der Waals surface area (Å²) in [6.45, 7) is 0.406.